The molecule has 1 N–H and O–H groups in total. The predicted molar refractivity (Wildman–Crippen MR) is 117 cm³/mol. The number of hydrogen-bond donors (Lipinski definition) is 1. The molecule has 0 spiro atoms. The summed E-state index contributed by atoms with van der Waals surface area (Å²) in [4.78, 5) is 12.9. The molecular formula is C22H26FN7O. The third-order valence-corrected chi connectivity index (χ3v) is 5.82. The van der Waals surface area contributed by atoms with E-state index in [4.69, 9.17) is 4.74 Å². The molecule has 2 aliphatic heterocycles. The molecule has 4 heterocycles. The van der Waals surface area contributed by atoms with Crippen LogP contribution in [0.1, 0.15) is 12.0 Å². The van der Waals surface area contributed by atoms with Gasteiger partial charge in [0.15, 0.2) is 0 Å². The van der Waals surface area contributed by atoms with Crippen LogP contribution < -0.4 is 10.2 Å². The van der Waals surface area contributed by atoms with Crippen molar-refractivity contribution in [1.29, 1.82) is 0 Å². The van der Waals surface area contributed by atoms with Crippen molar-refractivity contribution in [2.45, 2.75) is 19.4 Å². The Hall–Kier alpha value is -3.04. The molecule has 31 heavy (non-hydrogen) atoms. The van der Waals surface area contributed by atoms with E-state index in [1.807, 2.05) is 0 Å². The molecule has 2 fully saturated rings. The summed E-state index contributed by atoms with van der Waals surface area (Å²) in [6.07, 6.45) is 4.11. The summed E-state index contributed by atoms with van der Waals surface area (Å²) in [6, 6.07) is 10.0. The van der Waals surface area contributed by atoms with Crippen molar-refractivity contribution >= 4 is 17.3 Å². The minimum Gasteiger partial charge on any atom is -0.378 e. The fraction of sp³-hybridized carbons (Fsp3) is 0.409. The van der Waals surface area contributed by atoms with E-state index in [1.165, 1.54) is 28.2 Å². The van der Waals surface area contributed by atoms with E-state index in [9.17, 15) is 4.39 Å². The van der Waals surface area contributed by atoms with Crippen LogP contribution in [0.25, 0.3) is 5.69 Å². The van der Waals surface area contributed by atoms with Crippen LogP contribution in [-0.2, 0) is 4.74 Å². The highest BCUT2D eigenvalue weighted by atomic mass is 19.1. The second kappa shape index (κ2) is 8.60. The number of rotatable bonds is 5. The van der Waals surface area contributed by atoms with Crippen LogP contribution in [0.15, 0.2) is 42.9 Å². The van der Waals surface area contributed by atoms with Gasteiger partial charge in [0.2, 0.25) is 11.9 Å². The minimum absolute atomic E-state index is 0.459. The van der Waals surface area contributed by atoms with Gasteiger partial charge in [-0.15, -0.1) is 5.10 Å². The number of hydrogen-bond acceptors (Lipinski definition) is 7. The smallest absolute Gasteiger partial charge is 0.246 e. The standard InChI is InChI=1S/C22H26FN7O/c1-16-9-17(26-22-25-15-30(27-22)18-3-4-24-21(23)12-18)11-19(10-16)28-5-2-6-29(8-7-28)20-13-31-14-20/h3-4,9-12,15,20H,2,5-8,13-14H2,1H3,(H,26,27). The first-order chi connectivity index (χ1) is 15.1. The molecule has 0 unspecified atom stereocenters. The van der Waals surface area contributed by atoms with Crippen LogP contribution in [0.5, 0.6) is 0 Å². The van der Waals surface area contributed by atoms with E-state index >= 15 is 0 Å². The third-order valence-electron chi connectivity index (χ3n) is 5.82. The molecule has 0 saturated carbocycles. The lowest BCUT2D eigenvalue weighted by atomic mass is 10.1. The number of pyridine rings is 1. The normalized spacial score (nSPS) is 17.9. The van der Waals surface area contributed by atoms with Gasteiger partial charge in [0.1, 0.15) is 6.33 Å². The minimum atomic E-state index is -0.549. The molecule has 2 aromatic heterocycles. The van der Waals surface area contributed by atoms with Gasteiger partial charge in [-0.2, -0.15) is 9.37 Å². The molecular weight excluding hydrogens is 397 g/mol. The van der Waals surface area contributed by atoms with Crippen LogP contribution in [0.4, 0.5) is 21.7 Å². The Balaban J connectivity index is 1.30. The molecule has 0 aliphatic carbocycles. The highest BCUT2D eigenvalue weighted by Crippen LogP contribution is 2.26. The van der Waals surface area contributed by atoms with Crippen LogP contribution in [0.3, 0.4) is 0 Å². The van der Waals surface area contributed by atoms with Gasteiger partial charge in [-0.05, 0) is 43.2 Å². The van der Waals surface area contributed by atoms with E-state index in [0.29, 0.717) is 17.7 Å². The number of aromatic nitrogens is 4. The van der Waals surface area contributed by atoms with E-state index in [-0.39, 0.29) is 0 Å². The maximum Gasteiger partial charge on any atom is 0.246 e. The number of benzene rings is 1. The highest BCUT2D eigenvalue weighted by molar-refractivity contribution is 5.64. The lowest BCUT2D eigenvalue weighted by Crippen LogP contribution is -2.50. The Kier molecular flexibility index (Phi) is 5.52. The van der Waals surface area contributed by atoms with E-state index in [2.05, 4.69) is 55.3 Å². The molecule has 8 nitrogen and oxygen atoms in total. The summed E-state index contributed by atoms with van der Waals surface area (Å²) in [6.45, 7) is 8.04. The average molecular weight is 423 g/mol. The van der Waals surface area contributed by atoms with Crippen LogP contribution >= 0.6 is 0 Å². The number of nitrogens with one attached hydrogen (secondary N) is 1. The maximum absolute atomic E-state index is 13.4. The van der Waals surface area contributed by atoms with Gasteiger partial charge in [0.05, 0.1) is 24.9 Å². The second-order valence-electron chi connectivity index (χ2n) is 8.10. The number of ether oxygens (including phenoxy) is 1. The monoisotopic (exact) mass is 423 g/mol. The first-order valence-electron chi connectivity index (χ1n) is 10.6. The third kappa shape index (κ3) is 4.52. The summed E-state index contributed by atoms with van der Waals surface area (Å²) in [7, 11) is 0. The van der Waals surface area contributed by atoms with Crippen molar-refractivity contribution in [3.05, 3.63) is 54.4 Å². The lowest BCUT2D eigenvalue weighted by Gasteiger charge is -2.36. The Morgan fingerprint density at radius 3 is 2.74 bits per heavy atom. The van der Waals surface area contributed by atoms with E-state index in [0.717, 1.165) is 51.5 Å². The van der Waals surface area contributed by atoms with Crippen molar-refractivity contribution in [2.24, 2.45) is 0 Å². The van der Waals surface area contributed by atoms with Gasteiger partial charge in [-0.3, -0.25) is 4.90 Å². The summed E-state index contributed by atoms with van der Waals surface area (Å²) < 4.78 is 20.3. The van der Waals surface area contributed by atoms with Crippen LogP contribution in [0.2, 0.25) is 0 Å². The fourth-order valence-electron chi connectivity index (χ4n) is 4.12. The van der Waals surface area contributed by atoms with Gasteiger partial charge in [0.25, 0.3) is 0 Å². The zero-order valence-corrected chi connectivity index (χ0v) is 17.5. The number of anilines is 3. The molecule has 0 atom stereocenters. The number of halogens is 1. The molecule has 0 amide bonds. The zero-order chi connectivity index (χ0) is 21.2. The molecule has 9 heteroatoms. The largest absolute Gasteiger partial charge is 0.378 e. The molecule has 2 saturated heterocycles. The van der Waals surface area contributed by atoms with E-state index < -0.39 is 5.95 Å². The topological polar surface area (TPSA) is 71.3 Å². The van der Waals surface area contributed by atoms with Gasteiger partial charge in [-0.1, -0.05) is 0 Å². The first-order valence-corrected chi connectivity index (χ1v) is 10.6. The molecule has 5 rings (SSSR count). The predicted octanol–water partition coefficient (Wildman–Crippen LogP) is 2.76. The second-order valence-corrected chi connectivity index (χ2v) is 8.10. The van der Waals surface area contributed by atoms with Crippen LogP contribution in [-0.4, -0.2) is 70.1 Å². The van der Waals surface area contributed by atoms with Crippen molar-refractivity contribution < 1.29 is 9.13 Å². The lowest BCUT2D eigenvalue weighted by molar-refractivity contribution is -0.0625. The Morgan fingerprint density at radius 2 is 1.94 bits per heavy atom. The van der Waals surface area contributed by atoms with Gasteiger partial charge >= 0.3 is 0 Å². The summed E-state index contributed by atoms with van der Waals surface area (Å²) in [5.41, 5.74) is 3.88. The summed E-state index contributed by atoms with van der Waals surface area (Å²) >= 11 is 0. The maximum atomic E-state index is 13.4. The molecule has 1 aromatic carbocycles. The van der Waals surface area contributed by atoms with Crippen molar-refractivity contribution in [3.63, 3.8) is 0 Å². The van der Waals surface area contributed by atoms with E-state index in [1.54, 1.807) is 12.4 Å². The van der Waals surface area contributed by atoms with Crippen molar-refractivity contribution in [1.82, 2.24) is 24.6 Å². The fourth-order valence-corrected chi connectivity index (χ4v) is 4.12. The van der Waals surface area contributed by atoms with Gasteiger partial charge in [0, 0.05) is 49.8 Å². The first kappa shape index (κ1) is 19.9. The van der Waals surface area contributed by atoms with Crippen molar-refractivity contribution in [2.75, 3.05) is 49.6 Å². The van der Waals surface area contributed by atoms with Crippen molar-refractivity contribution in [3.8, 4) is 5.69 Å². The summed E-state index contributed by atoms with van der Waals surface area (Å²) in [5, 5.41) is 7.70. The molecule has 162 valence electrons. The Bertz CT molecular complexity index is 1050. The van der Waals surface area contributed by atoms with Gasteiger partial charge < -0.3 is 15.0 Å². The quantitative estimate of drug-likeness (QED) is 0.633. The SMILES string of the molecule is Cc1cc(Nc2ncn(-c3ccnc(F)c3)n2)cc(N2CCCN(C3COC3)CC2)c1. The Labute approximate surface area is 180 Å². The highest BCUT2D eigenvalue weighted by Gasteiger charge is 2.27. The number of nitrogens with zero attached hydrogens (tertiary/aromatic N) is 6. The zero-order valence-electron chi connectivity index (χ0n) is 17.5. The molecule has 0 bridgehead atoms. The summed E-state index contributed by atoms with van der Waals surface area (Å²) in [5.74, 6) is -0.0903. The molecule has 2 aliphatic rings. The van der Waals surface area contributed by atoms with Crippen LogP contribution in [0, 0.1) is 12.9 Å². The van der Waals surface area contributed by atoms with Gasteiger partial charge in [-0.25, -0.2) is 9.67 Å². The average Bonchev–Trinajstić information content (AvgIpc) is 3.03. The Morgan fingerprint density at radius 1 is 1.03 bits per heavy atom. The molecule has 3 aromatic rings. The molecule has 0 radical (unpaired) electrons. The number of aryl methyl sites for hydroxylation is 1.